The standard InChI is InChI=1S/C17H17N3O6S3/c1-2-9-19(29(25,26)16-4-3-10-27-16)14-11-15(21)20(17(14)22)12-5-7-13(8-6-12)28(18,23)24/h2-8,10,14H,1,9,11H2,(H2,18,23,24). The molecule has 0 saturated carbocycles. The van der Waals surface area contributed by atoms with E-state index in [-0.39, 0.29) is 27.8 Å². The summed E-state index contributed by atoms with van der Waals surface area (Å²) in [6, 6.07) is 6.63. The van der Waals surface area contributed by atoms with Gasteiger partial charge in [-0.1, -0.05) is 12.1 Å². The number of carbonyl (C=O) groups is 2. The van der Waals surface area contributed by atoms with Gasteiger partial charge < -0.3 is 0 Å². The molecule has 1 saturated heterocycles. The largest absolute Gasteiger partial charge is 0.274 e. The maximum atomic E-state index is 13.0. The molecule has 1 unspecified atom stereocenters. The summed E-state index contributed by atoms with van der Waals surface area (Å²) in [6.45, 7) is 3.39. The normalized spacial score (nSPS) is 17.9. The molecule has 2 N–H and O–H groups in total. The van der Waals surface area contributed by atoms with Gasteiger partial charge in [-0.2, -0.15) is 4.31 Å². The van der Waals surface area contributed by atoms with Crippen LogP contribution in [0.15, 0.2) is 63.5 Å². The molecule has 29 heavy (non-hydrogen) atoms. The number of nitrogens with two attached hydrogens (primary N) is 1. The summed E-state index contributed by atoms with van der Waals surface area (Å²) in [5, 5.41) is 6.64. The van der Waals surface area contributed by atoms with Gasteiger partial charge in [-0.05, 0) is 35.7 Å². The summed E-state index contributed by atoms with van der Waals surface area (Å²) >= 11 is 1.00. The van der Waals surface area contributed by atoms with E-state index in [0.717, 1.165) is 20.5 Å². The molecule has 1 aromatic carbocycles. The number of rotatable bonds is 7. The number of sulfonamides is 2. The van der Waals surface area contributed by atoms with E-state index in [9.17, 15) is 26.4 Å². The summed E-state index contributed by atoms with van der Waals surface area (Å²) in [5.74, 6) is -1.32. The fourth-order valence-corrected chi connectivity index (χ4v) is 6.13. The van der Waals surface area contributed by atoms with Crippen LogP contribution in [0.1, 0.15) is 6.42 Å². The Labute approximate surface area is 172 Å². The van der Waals surface area contributed by atoms with Crippen LogP contribution in [0.25, 0.3) is 0 Å². The van der Waals surface area contributed by atoms with Gasteiger partial charge in [0, 0.05) is 6.54 Å². The van der Waals surface area contributed by atoms with Gasteiger partial charge in [0.1, 0.15) is 10.3 Å². The minimum Gasteiger partial charge on any atom is -0.274 e. The summed E-state index contributed by atoms with van der Waals surface area (Å²) < 4.78 is 49.7. The molecule has 1 aromatic heterocycles. The highest BCUT2D eigenvalue weighted by atomic mass is 32.2. The number of carbonyl (C=O) groups excluding carboxylic acids is 2. The van der Waals surface area contributed by atoms with Gasteiger partial charge in [-0.25, -0.2) is 26.9 Å². The average molecular weight is 456 g/mol. The average Bonchev–Trinajstić information content (AvgIpc) is 3.28. The van der Waals surface area contributed by atoms with Crippen LogP contribution in [-0.4, -0.2) is 45.5 Å². The molecule has 1 aliphatic heterocycles. The zero-order chi connectivity index (χ0) is 21.4. The van der Waals surface area contributed by atoms with Crippen LogP contribution in [0.3, 0.4) is 0 Å². The minimum absolute atomic E-state index is 0.0514. The van der Waals surface area contributed by atoms with Crippen LogP contribution in [0, 0.1) is 0 Å². The SMILES string of the molecule is C=CCN(C1CC(=O)N(c2ccc(S(N)(=O)=O)cc2)C1=O)S(=O)(=O)c1cccs1. The van der Waals surface area contributed by atoms with Crippen molar-refractivity contribution < 1.29 is 26.4 Å². The quantitative estimate of drug-likeness (QED) is 0.487. The van der Waals surface area contributed by atoms with Crippen LogP contribution >= 0.6 is 11.3 Å². The topological polar surface area (TPSA) is 135 Å². The van der Waals surface area contributed by atoms with Gasteiger partial charge in [-0.3, -0.25) is 9.59 Å². The molecule has 0 bridgehead atoms. The highest BCUT2D eigenvalue weighted by Gasteiger charge is 2.46. The van der Waals surface area contributed by atoms with Crippen LogP contribution in [0.5, 0.6) is 0 Å². The van der Waals surface area contributed by atoms with E-state index >= 15 is 0 Å². The van der Waals surface area contributed by atoms with Crippen molar-refractivity contribution in [2.75, 3.05) is 11.4 Å². The molecule has 0 aliphatic carbocycles. The number of primary sulfonamides is 1. The minimum atomic E-state index is -4.01. The van der Waals surface area contributed by atoms with Crippen LogP contribution in [0.2, 0.25) is 0 Å². The number of thiophene rings is 1. The van der Waals surface area contributed by atoms with E-state index in [4.69, 9.17) is 5.14 Å². The third-order valence-corrected chi connectivity index (χ3v) is 8.44. The van der Waals surface area contributed by atoms with E-state index < -0.39 is 37.9 Å². The Morgan fingerprint density at radius 3 is 2.34 bits per heavy atom. The lowest BCUT2D eigenvalue weighted by Crippen LogP contribution is -2.45. The fraction of sp³-hybridized carbons (Fsp3) is 0.176. The number of hydrogen-bond donors (Lipinski definition) is 1. The number of hydrogen-bond acceptors (Lipinski definition) is 7. The molecule has 12 heteroatoms. The van der Waals surface area contributed by atoms with Gasteiger partial charge in [0.2, 0.25) is 15.9 Å². The highest BCUT2D eigenvalue weighted by molar-refractivity contribution is 7.91. The first-order valence-electron chi connectivity index (χ1n) is 8.23. The third-order valence-electron chi connectivity index (χ3n) is 4.26. The monoisotopic (exact) mass is 455 g/mol. The second-order valence-electron chi connectivity index (χ2n) is 6.12. The lowest BCUT2D eigenvalue weighted by atomic mass is 10.2. The van der Waals surface area contributed by atoms with Crippen LogP contribution in [-0.2, 0) is 29.6 Å². The van der Waals surface area contributed by atoms with E-state index in [1.54, 1.807) is 11.4 Å². The zero-order valence-corrected chi connectivity index (χ0v) is 17.4. The van der Waals surface area contributed by atoms with E-state index in [1.807, 2.05) is 0 Å². The molecular formula is C17H17N3O6S3. The van der Waals surface area contributed by atoms with Crippen molar-refractivity contribution in [3.05, 3.63) is 54.4 Å². The molecule has 0 radical (unpaired) electrons. The zero-order valence-electron chi connectivity index (χ0n) is 15.0. The van der Waals surface area contributed by atoms with Crippen molar-refractivity contribution in [1.29, 1.82) is 0 Å². The molecular weight excluding hydrogens is 438 g/mol. The Morgan fingerprint density at radius 2 is 1.83 bits per heavy atom. The maximum Gasteiger partial charge on any atom is 0.253 e. The second-order valence-corrected chi connectivity index (χ2v) is 10.7. The molecule has 3 rings (SSSR count). The fourth-order valence-electron chi connectivity index (χ4n) is 2.94. The number of nitrogens with zero attached hydrogens (tertiary/aromatic N) is 2. The van der Waals surface area contributed by atoms with Gasteiger partial charge in [0.05, 0.1) is 17.0 Å². The number of benzene rings is 1. The highest BCUT2D eigenvalue weighted by Crippen LogP contribution is 2.30. The van der Waals surface area contributed by atoms with Gasteiger partial charge in [0.25, 0.3) is 15.9 Å². The lowest BCUT2D eigenvalue weighted by molar-refractivity contribution is -0.122. The number of amides is 2. The Kier molecular flexibility index (Phi) is 5.74. The van der Waals surface area contributed by atoms with Gasteiger partial charge in [0.15, 0.2) is 0 Å². The molecule has 1 aliphatic rings. The summed E-state index contributed by atoms with van der Waals surface area (Å²) in [7, 11) is -7.94. The summed E-state index contributed by atoms with van der Waals surface area (Å²) in [5.41, 5.74) is 0.127. The molecule has 2 aromatic rings. The van der Waals surface area contributed by atoms with Gasteiger partial charge in [-0.15, -0.1) is 17.9 Å². The Hall–Kier alpha value is -2.38. The van der Waals surface area contributed by atoms with Crippen molar-refractivity contribution in [2.24, 2.45) is 5.14 Å². The molecule has 9 nitrogen and oxygen atoms in total. The van der Waals surface area contributed by atoms with Crippen molar-refractivity contribution in [1.82, 2.24) is 4.31 Å². The number of imide groups is 1. The third kappa shape index (κ3) is 4.02. The summed E-state index contributed by atoms with van der Waals surface area (Å²) in [6.07, 6.45) is 1.00. The van der Waals surface area contributed by atoms with Crippen molar-refractivity contribution in [2.45, 2.75) is 21.6 Å². The molecule has 1 fully saturated rings. The molecule has 2 amide bonds. The lowest BCUT2D eigenvalue weighted by Gasteiger charge is -2.25. The molecule has 154 valence electrons. The van der Waals surface area contributed by atoms with E-state index in [0.29, 0.717) is 0 Å². The Morgan fingerprint density at radius 1 is 1.17 bits per heavy atom. The Bertz CT molecular complexity index is 1160. The molecule has 1 atom stereocenters. The van der Waals surface area contributed by atoms with Crippen molar-refractivity contribution >= 4 is 48.9 Å². The smallest absolute Gasteiger partial charge is 0.253 e. The van der Waals surface area contributed by atoms with Crippen molar-refractivity contribution in [3.8, 4) is 0 Å². The molecule has 2 heterocycles. The first kappa shape index (κ1) is 21.3. The van der Waals surface area contributed by atoms with E-state index in [2.05, 4.69) is 6.58 Å². The first-order chi connectivity index (χ1) is 13.6. The van der Waals surface area contributed by atoms with E-state index in [1.165, 1.54) is 36.4 Å². The van der Waals surface area contributed by atoms with Crippen LogP contribution in [0.4, 0.5) is 5.69 Å². The number of anilines is 1. The van der Waals surface area contributed by atoms with Gasteiger partial charge >= 0.3 is 0 Å². The predicted molar refractivity (Wildman–Crippen MR) is 107 cm³/mol. The first-order valence-corrected chi connectivity index (χ1v) is 12.1. The maximum absolute atomic E-state index is 13.0. The van der Waals surface area contributed by atoms with Crippen LogP contribution < -0.4 is 10.0 Å². The van der Waals surface area contributed by atoms with Crippen molar-refractivity contribution in [3.63, 3.8) is 0 Å². The molecule has 0 spiro atoms. The Balaban J connectivity index is 1.95. The predicted octanol–water partition coefficient (Wildman–Crippen LogP) is 0.904. The summed E-state index contributed by atoms with van der Waals surface area (Å²) in [4.78, 5) is 26.1. The second kappa shape index (κ2) is 7.80.